The summed E-state index contributed by atoms with van der Waals surface area (Å²) in [5.41, 5.74) is 5.18. The van der Waals surface area contributed by atoms with Crippen LogP contribution in [-0.2, 0) is 0 Å². The third-order valence-electron chi connectivity index (χ3n) is 5.54. The summed E-state index contributed by atoms with van der Waals surface area (Å²) < 4.78 is 67.9. The Morgan fingerprint density at radius 1 is 1.15 bits per heavy atom. The number of nitrogens with one attached hydrogen (secondary N) is 1. The van der Waals surface area contributed by atoms with E-state index >= 15 is 0 Å². The number of methoxy groups -OCH3 is 2. The number of benzene rings is 2. The van der Waals surface area contributed by atoms with Gasteiger partial charge in [0.05, 0.1) is 31.5 Å². The molecule has 1 amide bonds. The Bertz CT molecular complexity index is 1210. The topological polar surface area (TPSA) is 91.4 Å². The highest BCUT2D eigenvalue weighted by atomic mass is 19.4. The lowest BCUT2D eigenvalue weighted by Crippen LogP contribution is -2.35. The molecular weight excluding hydrogens is 444 g/mol. The van der Waals surface area contributed by atoms with Crippen molar-refractivity contribution in [1.82, 2.24) is 9.78 Å². The number of nitrogens with two attached hydrogens (primary N) is 1. The van der Waals surface area contributed by atoms with E-state index in [0.29, 0.717) is 17.1 Å². The third kappa shape index (κ3) is 4.06. The Hall–Kier alpha value is -3.76. The van der Waals surface area contributed by atoms with E-state index in [1.165, 1.54) is 38.5 Å². The van der Waals surface area contributed by atoms with Gasteiger partial charge in [-0.05, 0) is 29.8 Å². The molecule has 1 aromatic heterocycles. The number of fused-ring (bicyclic) bond motifs is 1. The molecule has 0 bridgehead atoms. The molecule has 0 spiro atoms. The molecular formula is C22H20F4N4O3. The van der Waals surface area contributed by atoms with Crippen LogP contribution in [0.4, 0.5) is 23.4 Å². The smallest absolute Gasteiger partial charge is 0.410 e. The molecule has 4 rings (SSSR count). The van der Waals surface area contributed by atoms with Crippen LogP contribution in [0.3, 0.4) is 0 Å². The fourth-order valence-corrected chi connectivity index (χ4v) is 3.91. The summed E-state index contributed by atoms with van der Waals surface area (Å²) >= 11 is 0. The predicted molar refractivity (Wildman–Crippen MR) is 112 cm³/mol. The van der Waals surface area contributed by atoms with Crippen molar-refractivity contribution in [1.29, 1.82) is 0 Å². The minimum absolute atomic E-state index is 0.0553. The maximum absolute atomic E-state index is 14.8. The second-order valence-electron chi connectivity index (χ2n) is 7.50. The summed E-state index contributed by atoms with van der Waals surface area (Å²) in [6.07, 6.45) is -4.96. The number of nitrogens with zero attached hydrogens (tertiary/aromatic N) is 2. The first kappa shape index (κ1) is 22.4. The number of hydrogen-bond acceptors (Lipinski definition) is 5. The van der Waals surface area contributed by atoms with E-state index < -0.39 is 30.0 Å². The molecule has 0 saturated heterocycles. The van der Waals surface area contributed by atoms with Gasteiger partial charge in [0.25, 0.3) is 5.91 Å². The molecule has 3 aromatic rings. The second kappa shape index (κ2) is 8.30. The number of primary amides is 1. The Kier molecular flexibility index (Phi) is 5.64. The second-order valence-corrected chi connectivity index (χ2v) is 7.50. The van der Waals surface area contributed by atoms with Crippen molar-refractivity contribution in [3.8, 4) is 22.8 Å². The van der Waals surface area contributed by atoms with Crippen LogP contribution in [0.1, 0.15) is 34.4 Å². The first-order valence-electron chi connectivity index (χ1n) is 9.87. The van der Waals surface area contributed by atoms with Crippen LogP contribution in [0, 0.1) is 5.82 Å². The number of carbonyl (C=O) groups excluding carboxylic acids is 1. The summed E-state index contributed by atoms with van der Waals surface area (Å²) in [7, 11) is 2.90. The van der Waals surface area contributed by atoms with E-state index in [9.17, 15) is 22.4 Å². The van der Waals surface area contributed by atoms with Crippen LogP contribution >= 0.6 is 0 Å². The summed E-state index contributed by atoms with van der Waals surface area (Å²) in [4.78, 5) is 11.5. The fraction of sp³-hybridized carbons (Fsp3) is 0.273. The van der Waals surface area contributed by atoms with E-state index in [2.05, 4.69) is 10.4 Å². The molecule has 1 aliphatic heterocycles. The average Bonchev–Trinajstić information content (AvgIpc) is 3.20. The van der Waals surface area contributed by atoms with Crippen LogP contribution < -0.4 is 20.5 Å². The fourth-order valence-electron chi connectivity index (χ4n) is 3.91. The number of anilines is 1. The van der Waals surface area contributed by atoms with E-state index in [4.69, 9.17) is 15.2 Å². The van der Waals surface area contributed by atoms with E-state index in [0.717, 1.165) is 4.68 Å². The van der Waals surface area contributed by atoms with Crippen LogP contribution in [0.2, 0.25) is 0 Å². The Morgan fingerprint density at radius 2 is 1.88 bits per heavy atom. The van der Waals surface area contributed by atoms with Gasteiger partial charge in [-0.25, -0.2) is 9.07 Å². The lowest BCUT2D eigenvalue weighted by molar-refractivity contribution is -0.173. The number of halogens is 4. The quantitative estimate of drug-likeness (QED) is 0.544. The van der Waals surface area contributed by atoms with Gasteiger partial charge in [0.15, 0.2) is 17.5 Å². The van der Waals surface area contributed by atoms with Crippen LogP contribution in [0.25, 0.3) is 11.3 Å². The Labute approximate surface area is 186 Å². The molecule has 0 fully saturated rings. The molecule has 3 N–H and O–H groups in total. The normalized spacial score (nSPS) is 17.8. The lowest BCUT2D eigenvalue weighted by atomic mass is 9.96. The summed E-state index contributed by atoms with van der Waals surface area (Å²) in [5.74, 6) is -1.05. The van der Waals surface area contributed by atoms with Crippen molar-refractivity contribution in [2.24, 2.45) is 5.73 Å². The number of amides is 1. The van der Waals surface area contributed by atoms with Crippen LogP contribution in [-0.4, -0.2) is 36.1 Å². The van der Waals surface area contributed by atoms with Gasteiger partial charge in [-0.3, -0.25) is 4.79 Å². The number of ether oxygens (including phenoxy) is 2. The van der Waals surface area contributed by atoms with Gasteiger partial charge in [-0.1, -0.05) is 12.1 Å². The van der Waals surface area contributed by atoms with Gasteiger partial charge >= 0.3 is 6.18 Å². The maximum atomic E-state index is 14.8. The summed E-state index contributed by atoms with van der Waals surface area (Å²) in [6.45, 7) is 0. The molecule has 2 atom stereocenters. The maximum Gasteiger partial charge on any atom is 0.410 e. The van der Waals surface area contributed by atoms with Crippen molar-refractivity contribution in [3.63, 3.8) is 0 Å². The highest BCUT2D eigenvalue weighted by Crippen LogP contribution is 2.45. The SMILES string of the molecule is COc1ccc(C2CC(C(F)(F)F)n3nc(-c4cccc(C(N)=O)c4F)cc3N2)cc1OC. The van der Waals surface area contributed by atoms with Crippen molar-refractivity contribution in [2.75, 3.05) is 19.5 Å². The van der Waals surface area contributed by atoms with Crippen molar-refractivity contribution in [2.45, 2.75) is 24.7 Å². The number of alkyl halides is 3. The molecule has 2 unspecified atom stereocenters. The van der Waals surface area contributed by atoms with Crippen molar-refractivity contribution >= 4 is 11.7 Å². The standard InChI is InChI=1S/C22H20F4N4O3/c1-32-16-7-6-11(8-17(16)33-2)14-9-18(22(24,25)26)30-19(28-14)10-15(29-30)12-4-3-5-13(20(12)23)21(27)31/h3-8,10,14,18,28H,9H2,1-2H3,(H2,27,31). The minimum atomic E-state index is -4.61. The zero-order chi connectivity index (χ0) is 23.9. The summed E-state index contributed by atoms with van der Waals surface area (Å²) in [6, 6.07) is 7.40. The van der Waals surface area contributed by atoms with Crippen molar-refractivity contribution < 1.29 is 31.8 Å². The van der Waals surface area contributed by atoms with E-state index in [1.54, 1.807) is 18.2 Å². The average molecular weight is 464 g/mol. The minimum Gasteiger partial charge on any atom is -0.493 e. The predicted octanol–water partition coefficient (Wildman–Crippen LogP) is 4.47. The lowest BCUT2D eigenvalue weighted by Gasteiger charge is -2.33. The number of rotatable bonds is 5. The molecule has 1 aliphatic rings. The Morgan fingerprint density at radius 3 is 2.52 bits per heavy atom. The zero-order valence-electron chi connectivity index (χ0n) is 17.6. The molecule has 33 heavy (non-hydrogen) atoms. The molecule has 11 heteroatoms. The van der Waals surface area contributed by atoms with Crippen LogP contribution in [0.15, 0.2) is 42.5 Å². The third-order valence-corrected chi connectivity index (χ3v) is 5.54. The van der Waals surface area contributed by atoms with Gasteiger partial charge in [0.2, 0.25) is 0 Å². The largest absolute Gasteiger partial charge is 0.493 e. The van der Waals surface area contributed by atoms with E-state index in [-0.39, 0.29) is 29.1 Å². The highest BCUT2D eigenvalue weighted by Gasteiger charge is 2.46. The molecule has 7 nitrogen and oxygen atoms in total. The molecule has 2 aromatic carbocycles. The molecule has 0 saturated carbocycles. The van der Waals surface area contributed by atoms with Gasteiger partial charge < -0.3 is 20.5 Å². The number of hydrogen-bond donors (Lipinski definition) is 2. The monoisotopic (exact) mass is 464 g/mol. The number of aromatic nitrogens is 2. The highest BCUT2D eigenvalue weighted by molar-refractivity contribution is 5.94. The van der Waals surface area contributed by atoms with Gasteiger partial charge in [0.1, 0.15) is 11.6 Å². The van der Waals surface area contributed by atoms with Gasteiger partial charge in [-0.15, -0.1) is 0 Å². The van der Waals surface area contributed by atoms with Gasteiger partial charge in [0, 0.05) is 18.1 Å². The number of carbonyl (C=O) groups is 1. The first-order chi connectivity index (χ1) is 15.6. The van der Waals surface area contributed by atoms with Crippen molar-refractivity contribution in [3.05, 3.63) is 59.4 Å². The summed E-state index contributed by atoms with van der Waals surface area (Å²) in [5, 5.41) is 7.06. The molecule has 0 radical (unpaired) electrons. The molecule has 174 valence electrons. The van der Waals surface area contributed by atoms with Crippen LogP contribution in [0.5, 0.6) is 11.5 Å². The van der Waals surface area contributed by atoms with E-state index in [1.807, 2.05) is 0 Å². The first-order valence-corrected chi connectivity index (χ1v) is 9.87. The molecule has 2 heterocycles. The Balaban J connectivity index is 1.78. The zero-order valence-corrected chi connectivity index (χ0v) is 17.6. The molecule has 0 aliphatic carbocycles. The van der Waals surface area contributed by atoms with Gasteiger partial charge in [-0.2, -0.15) is 18.3 Å².